The van der Waals surface area contributed by atoms with E-state index in [1.165, 1.54) is 44.1 Å². The summed E-state index contributed by atoms with van der Waals surface area (Å²) >= 11 is 0. The second-order valence-corrected chi connectivity index (χ2v) is 10.0. The van der Waals surface area contributed by atoms with E-state index in [0.717, 1.165) is 17.5 Å². The molecule has 1 unspecified atom stereocenters. The van der Waals surface area contributed by atoms with Gasteiger partial charge in [-0.1, -0.05) is 12.1 Å². The minimum absolute atomic E-state index is 0.188. The zero-order valence-corrected chi connectivity index (χ0v) is 18.4. The fourth-order valence-corrected chi connectivity index (χ4v) is 6.46. The summed E-state index contributed by atoms with van der Waals surface area (Å²) in [6.45, 7) is 0. The van der Waals surface area contributed by atoms with E-state index in [0.29, 0.717) is 23.8 Å². The number of piperidine rings is 1. The number of hydrogen-bond donors (Lipinski definition) is 2. The Morgan fingerprint density at radius 1 is 1.13 bits per heavy atom. The molecule has 0 radical (unpaired) electrons. The van der Waals surface area contributed by atoms with Gasteiger partial charge in [-0.3, -0.25) is 24.0 Å². The molecular weight excluding hydrogens is 392 g/mol. The summed E-state index contributed by atoms with van der Waals surface area (Å²) in [6, 6.07) is 6.09. The number of aryl methyl sites for hydroxylation is 1. The molecule has 1 spiro atoms. The van der Waals surface area contributed by atoms with E-state index < -0.39 is 6.04 Å². The van der Waals surface area contributed by atoms with Gasteiger partial charge in [0.25, 0.3) is 0 Å². The monoisotopic (exact) mass is 424 g/mol. The van der Waals surface area contributed by atoms with Gasteiger partial charge in [0.05, 0.1) is 11.0 Å². The number of para-hydroxylation sites is 1. The lowest BCUT2D eigenvalue weighted by Gasteiger charge is -2.52. The van der Waals surface area contributed by atoms with Gasteiger partial charge in [-0.25, -0.2) is 4.79 Å². The van der Waals surface area contributed by atoms with Crippen molar-refractivity contribution in [2.45, 2.75) is 69.9 Å². The first-order chi connectivity index (χ1) is 14.9. The van der Waals surface area contributed by atoms with Gasteiger partial charge in [-0.15, -0.1) is 0 Å². The van der Waals surface area contributed by atoms with E-state index in [-0.39, 0.29) is 23.9 Å². The zero-order valence-electron chi connectivity index (χ0n) is 18.4. The fourth-order valence-electron chi connectivity index (χ4n) is 6.46. The van der Waals surface area contributed by atoms with Crippen LogP contribution in [0.25, 0.3) is 11.0 Å². The summed E-state index contributed by atoms with van der Waals surface area (Å²) < 4.78 is 3.27. The molecule has 7 heteroatoms. The van der Waals surface area contributed by atoms with E-state index >= 15 is 0 Å². The Morgan fingerprint density at radius 3 is 2.55 bits per heavy atom. The maximum absolute atomic E-state index is 13.1. The van der Waals surface area contributed by atoms with Crippen LogP contribution in [0.3, 0.4) is 0 Å². The second-order valence-electron chi connectivity index (χ2n) is 10.0. The van der Waals surface area contributed by atoms with Gasteiger partial charge >= 0.3 is 5.69 Å². The molecule has 1 aromatic carbocycles. The predicted octanol–water partition coefficient (Wildman–Crippen LogP) is 2.42. The third-order valence-electron chi connectivity index (χ3n) is 8.11. The highest BCUT2D eigenvalue weighted by atomic mass is 16.2. The Hall–Kier alpha value is -2.41. The molecule has 0 bridgehead atoms. The largest absolute Gasteiger partial charge is 0.329 e. The number of fused-ring (bicyclic) bond motifs is 1. The van der Waals surface area contributed by atoms with Crippen molar-refractivity contribution < 1.29 is 9.59 Å². The first-order valence-corrected chi connectivity index (χ1v) is 11.6. The lowest BCUT2D eigenvalue weighted by molar-refractivity contribution is -0.135. The number of carbonyl (C=O) groups excluding carboxylic acids is 2. The minimum atomic E-state index is -0.626. The third-order valence-corrected chi connectivity index (χ3v) is 8.11. The number of imide groups is 1. The predicted molar refractivity (Wildman–Crippen MR) is 119 cm³/mol. The first-order valence-electron chi connectivity index (χ1n) is 11.6. The van der Waals surface area contributed by atoms with Gasteiger partial charge in [0.15, 0.2) is 0 Å². The van der Waals surface area contributed by atoms with Crippen molar-refractivity contribution in [3.05, 3.63) is 34.2 Å². The fraction of sp³-hybridized carbons (Fsp3) is 0.625. The molecule has 2 saturated carbocycles. The Kier molecular flexibility index (Phi) is 5.04. The van der Waals surface area contributed by atoms with Crippen LogP contribution in [0.2, 0.25) is 0 Å². The molecule has 2 aliphatic carbocycles. The summed E-state index contributed by atoms with van der Waals surface area (Å²) in [6.07, 6.45) is 9.37. The van der Waals surface area contributed by atoms with Crippen molar-refractivity contribution in [1.29, 1.82) is 0 Å². The van der Waals surface area contributed by atoms with Crippen molar-refractivity contribution >= 4 is 22.8 Å². The van der Waals surface area contributed by atoms with E-state index in [2.05, 4.69) is 23.7 Å². The molecule has 2 N–H and O–H groups in total. The quantitative estimate of drug-likeness (QED) is 0.739. The standard InChI is InChI=1S/C24H32N4O3/c1-25-17-8-10-24(11-9-17)13-15(14-24)12-16-4-3-5-18-21(16)27(2)23(31)28(18)19-6-7-20(29)26-22(19)30/h3-5,15,17,19,25H,6-14H2,1-2H3,(H,26,29,30). The number of rotatable bonds is 4. The summed E-state index contributed by atoms with van der Waals surface area (Å²) in [5.41, 5.74) is 3.26. The highest BCUT2D eigenvalue weighted by molar-refractivity contribution is 6.00. The number of carbonyl (C=O) groups is 2. The Labute approximate surface area is 182 Å². The molecule has 1 aliphatic heterocycles. The highest BCUT2D eigenvalue weighted by Gasteiger charge is 2.45. The minimum Gasteiger partial charge on any atom is -0.317 e. The summed E-state index contributed by atoms with van der Waals surface area (Å²) in [4.78, 5) is 37.1. The third kappa shape index (κ3) is 3.43. The Balaban J connectivity index is 1.38. The average Bonchev–Trinajstić information content (AvgIpc) is 2.99. The van der Waals surface area contributed by atoms with E-state index in [9.17, 15) is 14.4 Å². The molecule has 3 fully saturated rings. The van der Waals surface area contributed by atoms with Crippen molar-refractivity contribution in [2.24, 2.45) is 18.4 Å². The van der Waals surface area contributed by atoms with Gasteiger partial charge in [0.2, 0.25) is 11.8 Å². The van der Waals surface area contributed by atoms with E-state index in [4.69, 9.17) is 0 Å². The van der Waals surface area contributed by atoms with Crippen LogP contribution in [0, 0.1) is 11.3 Å². The highest BCUT2D eigenvalue weighted by Crippen LogP contribution is 2.55. The average molecular weight is 425 g/mol. The van der Waals surface area contributed by atoms with Gasteiger partial charge in [-0.2, -0.15) is 0 Å². The number of amides is 2. The maximum atomic E-state index is 13.1. The summed E-state index contributed by atoms with van der Waals surface area (Å²) in [5, 5.41) is 5.81. The van der Waals surface area contributed by atoms with Crippen LogP contribution in [-0.4, -0.2) is 34.0 Å². The van der Waals surface area contributed by atoms with Crippen molar-refractivity contribution in [3.8, 4) is 0 Å². The van der Waals surface area contributed by atoms with Crippen LogP contribution in [0.15, 0.2) is 23.0 Å². The van der Waals surface area contributed by atoms with Gasteiger partial charge in [0, 0.05) is 19.5 Å². The number of benzene rings is 1. The van der Waals surface area contributed by atoms with Crippen LogP contribution < -0.4 is 16.3 Å². The molecule has 1 atom stereocenters. The normalized spacial score (nSPS) is 31.1. The molecule has 7 nitrogen and oxygen atoms in total. The van der Waals surface area contributed by atoms with Crippen LogP contribution in [-0.2, 0) is 23.1 Å². The molecule has 2 aromatic rings. The van der Waals surface area contributed by atoms with Crippen LogP contribution in [0.1, 0.15) is 63.0 Å². The molecule has 166 valence electrons. The van der Waals surface area contributed by atoms with Crippen molar-refractivity contribution in [3.63, 3.8) is 0 Å². The van der Waals surface area contributed by atoms with E-state index in [1.807, 2.05) is 12.1 Å². The van der Waals surface area contributed by atoms with Gasteiger partial charge in [-0.05, 0) is 81.4 Å². The van der Waals surface area contributed by atoms with E-state index in [1.54, 1.807) is 16.2 Å². The topological polar surface area (TPSA) is 85.1 Å². The van der Waals surface area contributed by atoms with Gasteiger partial charge < -0.3 is 5.32 Å². The maximum Gasteiger partial charge on any atom is 0.329 e. The molecule has 1 aromatic heterocycles. The zero-order chi connectivity index (χ0) is 21.8. The number of aromatic nitrogens is 2. The molecule has 3 aliphatic rings. The number of nitrogens with zero attached hydrogens (tertiary/aromatic N) is 2. The Morgan fingerprint density at radius 2 is 1.87 bits per heavy atom. The molecular formula is C24H32N4O3. The summed E-state index contributed by atoms with van der Waals surface area (Å²) in [5.74, 6) is 0.0121. The van der Waals surface area contributed by atoms with Crippen LogP contribution >= 0.6 is 0 Å². The lowest BCUT2D eigenvalue weighted by Crippen LogP contribution is -2.44. The molecule has 1 saturated heterocycles. The molecule has 5 rings (SSSR count). The van der Waals surface area contributed by atoms with Crippen LogP contribution in [0.5, 0.6) is 0 Å². The first kappa shape index (κ1) is 20.5. The smallest absolute Gasteiger partial charge is 0.317 e. The van der Waals surface area contributed by atoms with Crippen molar-refractivity contribution in [2.75, 3.05) is 7.05 Å². The molecule has 31 heavy (non-hydrogen) atoms. The lowest BCUT2D eigenvalue weighted by atomic mass is 9.54. The molecule has 2 heterocycles. The SMILES string of the molecule is CNC1CCC2(CC1)CC(Cc1cccc3c1n(C)c(=O)n3C1CCC(=O)NC1=O)C2. The number of nitrogens with one attached hydrogen (secondary N) is 2. The van der Waals surface area contributed by atoms with Crippen molar-refractivity contribution in [1.82, 2.24) is 19.8 Å². The molecule has 2 amide bonds. The second kappa shape index (κ2) is 7.62. The van der Waals surface area contributed by atoms with Crippen LogP contribution in [0.4, 0.5) is 0 Å². The summed E-state index contributed by atoms with van der Waals surface area (Å²) in [7, 11) is 3.86. The number of hydrogen-bond acceptors (Lipinski definition) is 4. The van der Waals surface area contributed by atoms with Gasteiger partial charge in [0.1, 0.15) is 6.04 Å². The Bertz CT molecular complexity index is 1080. The number of imidazole rings is 1.